The summed E-state index contributed by atoms with van der Waals surface area (Å²) in [6, 6.07) is 5.08. The Hall–Kier alpha value is -0.920. The molecule has 0 saturated carbocycles. The van der Waals surface area contributed by atoms with Crippen molar-refractivity contribution in [1.82, 2.24) is 9.55 Å². The lowest BCUT2D eigenvalue weighted by Gasteiger charge is -2.07. The molecular weight excluding hydrogens is 332 g/mol. The van der Waals surface area contributed by atoms with Crippen LogP contribution in [-0.2, 0) is 33.6 Å². The van der Waals surface area contributed by atoms with Gasteiger partial charge in [0.15, 0.2) is 9.84 Å². The molecule has 8 heteroatoms. The smallest absolute Gasteiger partial charge is 0.177 e. The van der Waals surface area contributed by atoms with Crippen molar-refractivity contribution in [3.63, 3.8) is 0 Å². The van der Waals surface area contributed by atoms with Crippen molar-refractivity contribution in [1.29, 1.82) is 0 Å². The first-order valence-electron chi connectivity index (χ1n) is 6.38. The second-order valence-corrected chi connectivity index (χ2v) is 8.71. The molecule has 0 radical (unpaired) electrons. The maximum Gasteiger partial charge on any atom is 0.177 e. The average Bonchev–Trinajstić information content (AvgIpc) is 2.72. The van der Waals surface area contributed by atoms with Gasteiger partial charge in [-0.15, -0.1) is 11.6 Å². The molecule has 0 N–H and O–H groups in total. The number of hydrogen-bond donors (Lipinski definition) is 0. The van der Waals surface area contributed by atoms with Gasteiger partial charge < -0.3 is 4.57 Å². The fourth-order valence-electron chi connectivity index (χ4n) is 2.21. The summed E-state index contributed by atoms with van der Waals surface area (Å²) in [6.07, 6.45) is 3.35. The standard InChI is InChI=1S/C13H17ClN2O3S2/c1-20(17)9-8-16-10-4-3-5-11(21(2,18)19)13(10)15-12(16)6-7-14/h3-5H,6-9H2,1-2H3. The van der Waals surface area contributed by atoms with Gasteiger partial charge in [0.2, 0.25) is 0 Å². The minimum atomic E-state index is -3.35. The lowest BCUT2D eigenvalue weighted by atomic mass is 10.3. The number of aryl methyl sites for hydroxylation is 2. The van der Waals surface area contributed by atoms with Crippen molar-refractivity contribution in [2.75, 3.05) is 24.1 Å². The Morgan fingerprint density at radius 3 is 2.67 bits per heavy atom. The molecule has 2 rings (SSSR count). The maximum atomic E-state index is 11.9. The van der Waals surface area contributed by atoms with Crippen LogP contribution in [-0.4, -0.2) is 46.3 Å². The van der Waals surface area contributed by atoms with E-state index in [4.69, 9.17) is 11.6 Å². The van der Waals surface area contributed by atoms with Gasteiger partial charge in [0, 0.05) is 47.9 Å². The number of benzene rings is 1. The summed E-state index contributed by atoms with van der Waals surface area (Å²) >= 11 is 5.80. The summed E-state index contributed by atoms with van der Waals surface area (Å²) in [6.45, 7) is 0.527. The van der Waals surface area contributed by atoms with E-state index in [9.17, 15) is 12.6 Å². The Morgan fingerprint density at radius 1 is 1.38 bits per heavy atom. The molecule has 0 amide bonds. The number of rotatable bonds is 6. The van der Waals surface area contributed by atoms with E-state index in [1.54, 1.807) is 18.4 Å². The van der Waals surface area contributed by atoms with Crippen LogP contribution in [0.25, 0.3) is 11.0 Å². The number of aromatic nitrogens is 2. The lowest BCUT2D eigenvalue weighted by molar-refractivity contribution is 0.602. The van der Waals surface area contributed by atoms with Gasteiger partial charge in [0.25, 0.3) is 0 Å². The molecule has 0 spiro atoms. The van der Waals surface area contributed by atoms with Crippen LogP contribution in [0, 0.1) is 0 Å². The SMILES string of the molecule is CS(=O)CCn1c(CCCl)nc2c(S(C)(=O)=O)cccc21. The van der Waals surface area contributed by atoms with Crippen molar-refractivity contribution in [2.45, 2.75) is 17.9 Å². The zero-order valence-corrected chi connectivity index (χ0v) is 14.3. The fourth-order valence-corrected chi connectivity index (χ4v) is 3.65. The zero-order valence-electron chi connectivity index (χ0n) is 11.9. The highest BCUT2D eigenvalue weighted by Gasteiger charge is 2.18. The number of alkyl halides is 1. The molecule has 1 aromatic carbocycles. The van der Waals surface area contributed by atoms with Gasteiger partial charge in [0.1, 0.15) is 11.3 Å². The van der Waals surface area contributed by atoms with Gasteiger partial charge in [-0.2, -0.15) is 0 Å². The predicted molar refractivity (Wildman–Crippen MR) is 86.2 cm³/mol. The summed E-state index contributed by atoms with van der Waals surface area (Å²) in [7, 11) is -4.28. The summed E-state index contributed by atoms with van der Waals surface area (Å²) < 4.78 is 37.0. The summed E-state index contributed by atoms with van der Waals surface area (Å²) in [5.41, 5.74) is 1.20. The number of hydrogen-bond acceptors (Lipinski definition) is 4. The van der Waals surface area contributed by atoms with Crippen LogP contribution in [0.2, 0.25) is 0 Å². The lowest BCUT2D eigenvalue weighted by Crippen LogP contribution is -2.10. The van der Waals surface area contributed by atoms with E-state index in [0.717, 1.165) is 11.3 Å². The molecule has 1 unspecified atom stereocenters. The first-order chi connectivity index (χ1) is 9.84. The van der Waals surface area contributed by atoms with E-state index in [2.05, 4.69) is 4.98 Å². The van der Waals surface area contributed by atoms with Crippen molar-refractivity contribution >= 4 is 43.3 Å². The minimum absolute atomic E-state index is 0.215. The molecular formula is C13H17ClN2O3S2. The van der Waals surface area contributed by atoms with Gasteiger partial charge in [-0.1, -0.05) is 6.07 Å². The van der Waals surface area contributed by atoms with Crippen molar-refractivity contribution in [3.05, 3.63) is 24.0 Å². The minimum Gasteiger partial charge on any atom is -0.327 e. The number of imidazole rings is 1. The van der Waals surface area contributed by atoms with Crippen LogP contribution < -0.4 is 0 Å². The third-order valence-electron chi connectivity index (χ3n) is 3.14. The van der Waals surface area contributed by atoms with Gasteiger partial charge in [-0.05, 0) is 12.1 Å². The second kappa shape index (κ2) is 6.46. The Balaban J connectivity index is 2.65. The van der Waals surface area contributed by atoms with Crippen LogP contribution in [0.1, 0.15) is 5.82 Å². The predicted octanol–water partition coefficient (Wildman–Crippen LogP) is 1.60. The highest BCUT2D eigenvalue weighted by Crippen LogP contribution is 2.24. The average molecular weight is 349 g/mol. The quantitative estimate of drug-likeness (QED) is 0.743. The molecule has 1 heterocycles. The van der Waals surface area contributed by atoms with Crippen molar-refractivity contribution < 1.29 is 12.6 Å². The zero-order chi connectivity index (χ0) is 15.6. The first-order valence-corrected chi connectivity index (χ1v) is 10.5. The highest BCUT2D eigenvalue weighted by molar-refractivity contribution is 7.91. The number of halogens is 1. The Kier molecular flexibility index (Phi) is 5.06. The van der Waals surface area contributed by atoms with E-state index in [1.807, 2.05) is 10.6 Å². The molecule has 116 valence electrons. The molecule has 21 heavy (non-hydrogen) atoms. The molecule has 1 aromatic heterocycles. The van der Waals surface area contributed by atoms with Crippen molar-refractivity contribution in [2.24, 2.45) is 0 Å². The molecule has 0 aliphatic carbocycles. The van der Waals surface area contributed by atoms with Gasteiger partial charge in [0.05, 0.1) is 10.4 Å². The van der Waals surface area contributed by atoms with Crippen LogP contribution in [0.4, 0.5) is 0 Å². The molecule has 5 nitrogen and oxygen atoms in total. The highest BCUT2D eigenvalue weighted by atomic mass is 35.5. The normalized spacial score (nSPS) is 13.7. The monoisotopic (exact) mass is 348 g/mol. The van der Waals surface area contributed by atoms with E-state index in [-0.39, 0.29) is 4.90 Å². The molecule has 2 aromatic rings. The van der Waals surface area contributed by atoms with Crippen molar-refractivity contribution in [3.8, 4) is 0 Å². The van der Waals surface area contributed by atoms with E-state index in [1.165, 1.54) is 6.26 Å². The maximum absolute atomic E-state index is 11.9. The van der Waals surface area contributed by atoms with Crippen LogP contribution in [0.5, 0.6) is 0 Å². The molecule has 0 aliphatic rings. The summed E-state index contributed by atoms with van der Waals surface area (Å²) in [5.74, 6) is 1.61. The third-order valence-corrected chi connectivity index (χ3v) is 5.22. The second-order valence-electron chi connectivity index (χ2n) is 4.79. The topological polar surface area (TPSA) is 69.0 Å². The number of para-hydroxylation sites is 1. The van der Waals surface area contributed by atoms with E-state index in [0.29, 0.717) is 30.1 Å². The molecule has 1 atom stereocenters. The van der Waals surface area contributed by atoms with Gasteiger partial charge >= 0.3 is 0 Å². The van der Waals surface area contributed by atoms with Gasteiger partial charge in [-0.25, -0.2) is 13.4 Å². The van der Waals surface area contributed by atoms with Crippen LogP contribution in [0.15, 0.2) is 23.1 Å². The van der Waals surface area contributed by atoms with E-state index < -0.39 is 20.6 Å². The summed E-state index contributed by atoms with van der Waals surface area (Å²) in [5, 5.41) is 0. The Bertz CT molecular complexity index is 784. The van der Waals surface area contributed by atoms with E-state index >= 15 is 0 Å². The number of sulfone groups is 1. The fraction of sp³-hybridized carbons (Fsp3) is 0.462. The Morgan fingerprint density at radius 2 is 2.10 bits per heavy atom. The summed E-state index contributed by atoms with van der Waals surface area (Å²) in [4.78, 5) is 4.66. The third kappa shape index (κ3) is 3.64. The molecule has 0 bridgehead atoms. The largest absolute Gasteiger partial charge is 0.327 e. The Labute approximate surface area is 131 Å². The van der Waals surface area contributed by atoms with Crippen LogP contribution >= 0.6 is 11.6 Å². The van der Waals surface area contributed by atoms with Gasteiger partial charge in [-0.3, -0.25) is 4.21 Å². The molecule has 0 saturated heterocycles. The number of nitrogens with zero attached hydrogens (tertiary/aromatic N) is 2. The first kappa shape index (κ1) is 16.5. The molecule has 0 aliphatic heterocycles. The van der Waals surface area contributed by atoms with Crippen LogP contribution in [0.3, 0.4) is 0 Å². The number of fused-ring (bicyclic) bond motifs is 1. The molecule has 0 fully saturated rings.